The van der Waals surface area contributed by atoms with Crippen LogP contribution in [0.25, 0.3) is 16.7 Å². The fraction of sp³-hybridized carbons (Fsp3) is 0.250. The van der Waals surface area contributed by atoms with Gasteiger partial charge < -0.3 is 15.0 Å². The van der Waals surface area contributed by atoms with Gasteiger partial charge in [-0.15, -0.1) is 0 Å². The van der Waals surface area contributed by atoms with Gasteiger partial charge >= 0.3 is 0 Å². The minimum atomic E-state index is -0.666. The van der Waals surface area contributed by atoms with Crippen molar-refractivity contribution < 1.29 is 14.7 Å². The first-order valence-electron chi connectivity index (χ1n) is 12.7. The summed E-state index contributed by atoms with van der Waals surface area (Å²) in [5.74, 6) is -1.38. The quantitative estimate of drug-likeness (QED) is 0.191. The van der Waals surface area contributed by atoms with E-state index in [9.17, 15) is 14.7 Å². The molecule has 5 heteroatoms. The van der Waals surface area contributed by atoms with Gasteiger partial charge in [-0.25, -0.2) is 0 Å². The van der Waals surface area contributed by atoms with Crippen LogP contribution in [0.5, 0.6) is 0 Å². The number of likely N-dealkylation sites (tertiary alicyclic amines) is 1. The Morgan fingerprint density at radius 3 is 2.30 bits per heavy atom. The van der Waals surface area contributed by atoms with Crippen LogP contribution < -0.4 is 0 Å². The molecule has 1 aliphatic heterocycles. The van der Waals surface area contributed by atoms with Gasteiger partial charge in [0, 0.05) is 29.2 Å². The molecule has 0 bridgehead atoms. The van der Waals surface area contributed by atoms with Crippen LogP contribution in [0.2, 0.25) is 0 Å². The number of aromatic amines is 1. The lowest BCUT2D eigenvalue weighted by Gasteiger charge is -2.26. The normalized spacial score (nSPS) is 17.6. The molecule has 1 aromatic heterocycles. The molecule has 1 saturated heterocycles. The van der Waals surface area contributed by atoms with Gasteiger partial charge in [-0.1, -0.05) is 93.1 Å². The molecule has 0 saturated carbocycles. The maximum absolute atomic E-state index is 13.4. The summed E-state index contributed by atoms with van der Waals surface area (Å²) in [6, 6.07) is 22.7. The number of rotatable bonds is 5. The Bertz CT molecular complexity index is 1500. The number of Topliss-reactive ketones (excluding diaryl/α,β-unsaturated/α-hetero) is 1. The molecule has 0 aliphatic carbocycles. The third-order valence-electron chi connectivity index (χ3n) is 7.25. The molecule has 1 amide bonds. The summed E-state index contributed by atoms with van der Waals surface area (Å²) in [5.41, 5.74) is 5.76. The Kier molecular flexibility index (Phi) is 6.24. The molecule has 37 heavy (non-hydrogen) atoms. The van der Waals surface area contributed by atoms with Crippen LogP contribution in [0.15, 0.2) is 84.6 Å². The van der Waals surface area contributed by atoms with Crippen LogP contribution in [-0.2, 0) is 21.4 Å². The van der Waals surface area contributed by atoms with E-state index in [1.54, 1.807) is 17.0 Å². The Hall–Kier alpha value is -4.12. The second-order valence-electron chi connectivity index (χ2n) is 10.8. The van der Waals surface area contributed by atoms with Gasteiger partial charge in [0.05, 0.1) is 11.6 Å². The number of hydrogen-bond acceptors (Lipinski definition) is 3. The van der Waals surface area contributed by atoms with E-state index in [-0.39, 0.29) is 16.7 Å². The summed E-state index contributed by atoms with van der Waals surface area (Å²) in [4.78, 5) is 31.6. The van der Waals surface area contributed by atoms with Gasteiger partial charge in [0.2, 0.25) is 0 Å². The van der Waals surface area contributed by atoms with Crippen molar-refractivity contribution in [2.45, 2.75) is 45.6 Å². The van der Waals surface area contributed by atoms with Gasteiger partial charge in [0.25, 0.3) is 11.7 Å². The highest BCUT2D eigenvalue weighted by Crippen LogP contribution is 2.40. The first-order valence-corrected chi connectivity index (χ1v) is 12.7. The zero-order chi connectivity index (χ0) is 26.3. The third-order valence-corrected chi connectivity index (χ3v) is 7.25. The number of nitrogens with zero attached hydrogens (tertiary/aromatic N) is 1. The highest BCUT2D eigenvalue weighted by molar-refractivity contribution is 6.46. The molecular weight excluding hydrogens is 460 g/mol. The van der Waals surface area contributed by atoms with E-state index in [0.29, 0.717) is 18.5 Å². The molecule has 2 N–H and O–H groups in total. The number of aromatic nitrogens is 1. The molecule has 0 unspecified atom stereocenters. The van der Waals surface area contributed by atoms with E-state index in [4.69, 9.17) is 0 Å². The topological polar surface area (TPSA) is 73.4 Å². The highest BCUT2D eigenvalue weighted by Gasteiger charge is 2.46. The Morgan fingerprint density at radius 1 is 0.946 bits per heavy atom. The molecule has 0 spiro atoms. The smallest absolute Gasteiger partial charge is 0.295 e. The number of fused-ring (bicyclic) bond motifs is 1. The molecule has 1 atom stereocenters. The van der Waals surface area contributed by atoms with E-state index >= 15 is 0 Å². The predicted molar refractivity (Wildman–Crippen MR) is 147 cm³/mol. The summed E-state index contributed by atoms with van der Waals surface area (Å²) in [6.45, 7) is 8.75. The third kappa shape index (κ3) is 4.57. The number of hydrogen-bond donors (Lipinski definition) is 2. The molecule has 4 aromatic rings. The number of nitrogens with one attached hydrogen (secondary N) is 1. The minimum Gasteiger partial charge on any atom is -0.507 e. The number of carbonyl (C=O) groups excluding carboxylic acids is 2. The number of aliphatic hydroxyl groups is 1. The van der Waals surface area contributed by atoms with Crippen molar-refractivity contribution in [2.24, 2.45) is 0 Å². The second-order valence-corrected chi connectivity index (χ2v) is 10.8. The predicted octanol–water partition coefficient (Wildman–Crippen LogP) is 6.44. The molecule has 188 valence electrons. The SMILES string of the molecule is Cc1ccc(C(O)=C2C(=O)C(=O)N(CCc3c[nH]c4ccccc34)[C@H]2c2ccc(C(C)(C)C)cc2)cc1. The molecule has 0 radical (unpaired) electrons. The number of aliphatic hydroxyl groups excluding tert-OH is 1. The van der Waals surface area contributed by atoms with Gasteiger partial charge in [0.15, 0.2) is 0 Å². The van der Waals surface area contributed by atoms with E-state index in [2.05, 4.69) is 31.8 Å². The van der Waals surface area contributed by atoms with Crippen molar-refractivity contribution in [2.75, 3.05) is 6.54 Å². The molecule has 5 nitrogen and oxygen atoms in total. The lowest BCUT2D eigenvalue weighted by Crippen LogP contribution is -2.31. The van der Waals surface area contributed by atoms with Crippen molar-refractivity contribution in [3.05, 3.63) is 112 Å². The number of aryl methyl sites for hydroxylation is 1. The van der Waals surface area contributed by atoms with Crippen LogP contribution in [0.1, 0.15) is 54.6 Å². The van der Waals surface area contributed by atoms with E-state index in [1.807, 2.05) is 67.7 Å². The summed E-state index contributed by atoms with van der Waals surface area (Å²) < 4.78 is 0. The average molecular weight is 493 g/mol. The van der Waals surface area contributed by atoms with Gasteiger partial charge in [-0.3, -0.25) is 9.59 Å². The van der Waals surface area contributed by atoms with Crippen LogP contribution in [0.3, 0.4) is 0 Å². The maximum atomic E-state index is 13.4. The number of para-hydroxylation sites is 1. The highest BCUT2D eigenvalue weighted by atomic mass is 16.3. The Labute approximate surface area is 217 Å². The van der Waals surface area contributed by atoms with Crippen molar-refractivity contribution in [1.29, 1.82) is 0 Å². The van der Waals surface area contributed by atoms with E-state index < -0.39 is 17.7 Å². The molecule has 1 fully saturated rings. The zero-order valence-corrected chi connectivity index (χ0v) is 21.7. The number of carbonyl (C=O) groups is 2. The number of amides is 1. The fourth-order valence-corrected chi connectivity index (χ4v) is 5.07. The molecule has 3 aromatic carbocycles. The van der Waals surface area contributed by atoms with Crippen molar-refractivity contribution in [3.8, 4) is 0 Å². The lowest BCUT2D eigenvalue weighted by atomic mass is 9.85. The lowest BCUT2D eigenvalue weighted by molar-refractivity contribution is -0.139. The summed E-state index contributed by atoms with van der Waals surface area (Å²) in [6.07, 6.45) is 2.54. The molecule has 1 aliphatic rings. The minimum absolute atomic E-state index is 0.0302. The molecular formula is C32H32N2O3. The van der Waals surface area contributed by atoms with E-state index in [0.717, 1.165) is 33.2 Å². The molecule has 2 heterocycles. The standard InChI is InChI=1S/C32H32N2O3/c1-20-9-11-22(12-10-20)29(35)27-28(21-13-15-24(16-14-21)32(2,3)4)34(31(37)30(27)36)18-17-23-19-33-26-8-6-5-7-25(23)26/h5-16,19,28,33,35H,17-18H2,1-4H3/t28-/m0/s1. The largest absolute Gasteiger partial charge is 0.507 e. The average Bonchev–Trinajstić information content (AvgIpc) is 3.41. The summed E-state index contributed by atoms with van der Waals surface area (Å²) >= 11 is 0. The first kappa shape index (κ1) is 24.6. The maximum Gasteiger partial charge on any atom is 0.295 e. The summed E-state index contributed by atoms with van der Waals surface area (Å²) in [7, 11) is 0. The van der Waals surface area contributed by atoms with Crippen LogP contribution >= 0.6 is 0 Å². The van der Waals surface area contributed by atoms with Crippen LogP contribution in [0.4, 0.5) is 0 Å². The monoisotopic (exact) mass is 492 g/mol. The number of H-pyrrole nitrogens is 1. The zero-order valence-electron chi connectivity index (χ0n) is 21.7. The second kappa shape index (κ2) is 9.40. The van der Waals surface area contributed by atoms with Crippen LogP contribution in [0, 0.1) is 6.92 Å². The van der Waals surface area contributed by atoms with Crippen molar-refractivity contribution in [3.63, 3.8) is 0 Å². The van der Waals surface area contributed by atoms with Crippen LogP contribution in [-0.4, -0.2) is 33.2 Å². The van der Waals surface area contributed by atoms with Crippen molar-refractivity contribution >= 4 is 28.4 Å². The van der Waals surface area contributed by atoms with Gasteiger partial charge in [0.1, 0.15) is 5.76 Å². The number of ketones is 1. The molecule has 5 rings (SSSR count). The van der Waals surface area contributed by atoms with Gasteiger partial charge in [-0.05, 0) is 41.5 Å². The number of benzene rings is 3. The van der Waals surface area contributed by atoms with Crippen molar-refractivity contribution in [1.82, 2.24) is 9.88 Å². The summed E-state index contributed by atoms with van der Waals surface area (Å²) in [5, 5.41) is 12.4. The first-order chi connectivity index (χ1) is 17.6. The Balaban J connectivity index is 1.57. The fourth-order valence-electron chi connectivity index (χ4n) is 5.07. The Morgan fingerprint density at radius 2 is 1.62 bits per heavy atom. The van der Waals surface area contributed by atoms with E-state index in [1.165, 1.54) is 0 Å². The van der Waals surface area contributed by atoms with Gasteiger partial charge in [-0.2, -0.15) is 0 Å².